The van der Waals surface area contributed by atoms with E-state index in [2.05, 4.69) is 15.5 Å². The Morgan fingerprint density at radius 3 is 2.48 bits per heavy atom. The number of hydrogen-bond acceptors (Lipinski definition) is 5. The molecule has 3 aromatic carbocycles. The highest BCUT2D eigenvalue weighted by atomic mass is 35.5. The largest absolute Gasteiger partial charge is 0.484 e. The maximum absolute atomic E-state index is 13.2. The lowest BCUT2D eigenvalue weighted by Crippen LogP contribution is -2.19. The molecule has 9 heteroatoms. The smallest absolute Gasteiger partial charge is 0.242 e. The van der Waals surface area contributed by atoms with Crippen LogP contribution in [0.1, 0.15) is 16.6 Å². The van der Waals surface area contributed by atoms with Crippen LogP contribution in [-0.4, -0.2) is 20.7 Å². The first-order valence-electron chi connectivity index (χ1n) is 10.0. The van der Waals surface area contributed by atoms with E-state index >= 15 is 0 Å². The predicted octanol–water partition coefficient (Wildman–Crippen LogP) is 5.66. The van der Waals surface area contributed by atoms with Gasteiger partial charge in [0.1, 0.15) is 23.4 Å². The Morgan fingerprint density at radius 1 is 1.06 bits per heavy atom. The molecule has 0 saturated carbocycles. The third kappa shape index (κ3) is 5.71. The Morgan fingerprint density at radius 2 is 1.76 bits per heavy atom. The molecule has 0 aliphatic carbocycles. The summed E-state index contributed by atoms with van der Waals surface area (Å²) in [6.45, 7) is 0.172. The lowest BCUT2D eigenvalue weighted by molar-refractivity contribution is -0.115. The maximum atomic E-state index is 13.2. The zero-order valence-electron chi connectivity index (χ0n) is 17.6. The highest BCUT2D eigenvalue weighted by molar-refractivity contribution is 8.00. The Labute approximate surface area is 199 Å². The second-order valence-electron chi connectivity index (χ2n) is 7.08. The molecule has 0 bridgehead atoms. The van der Waals surface area contributed by atoms with Crippen LogP contribution >= 0.6 is 23.4 Å². The minimum Gasteiger partial charge on any atom is -0.484 e. The van der Waals surface area contributed by atoms with Crippen molar-refractivity contribution in [1.82, 2.24) is 14.8 Å². The molecule has 1 atom stereocenters. The summed E-state index contributed by atoms with van der Waals surface area (Å²) in [7, 11) is 1.81. The fraction of sp³-hybridized carbons (Fsp3) is 0.125. The van der Waals surface area contributed by atoms with Gasteiger partial charge in [-0.1, -0.05) is 65.8 Å². The van der Waals surface area contributed by atoms with Crippen LogP contribution < -0.4 is 10.1 Å². The first-order valence-corrected chi connectivity index (χ1v) is 11.3. The monoisotopic (exact) mass is 482 g/mol. The van der Waals surface area contributed by atoms with Crippen LogP contribution in [0.4, 0.5) is 10.1 Å². The van der Waals surface area contributed by atoms with Crippen LogP contribution in [0.15, 0.2) is 84.0 Å². The fourth-order valence-electron chi connectivity index (χ4n) is 3.02. The predicted molar refractivity (Wildman–Crippen MR) is 127 cm³/mol. The van der Waals surface area contributed by atoms with E-state index in [0.717, 1.165) is 5.56 Å². The molecule has 33 heavy (non-hydrogen) atoms. The molecular weight excluding hydrogens is 463 g/mol. The molecule has 168 valence electrons. The molecule has 4 rings (SSSR count). The van der Waals surface area contributed by atoms with Crippen LogP contribution in [0, 0.1) is 5.82 Å². The number of thioether (sulfide) groups is 1. The number of carbonyl (C=O) groups excluding carboxylic acids is 1. The van der Waals surface area contributed by atoms with Crippen molar-refractivity contribution in [3.05, 3.63) is 101 Å². The van der Waals surface area contributed by atoms with Gasteiger partial charge in [0.05, 0.1) is 5.02 Å². The lowest BCUT2D eigenvalue weighted by Gasteiger charge is -2.16. The van der Waals surface area contributed by atoms with Crippen LogP contribution in [0.5, 0.6) is 5.75 Å². The summed E-state index contributed by atoms with van der Waals surface area (Å²) in [4.78, 5) is 13.1. The highest BCUT2D eigenvalue weighted by Gasteiger charge is 2.25. The quantitative estimate of drug-likeness (QED) is 0.328. The number of nitrogens with one attached hydrogen (secondary N) is 1. The Hall–Kier alpha value is -3.36. The van der Waals surface area contributed by atoms with Crippen molar-refractivity contribution in [2.75, 3.05) is 5.32 Å². The third-order valence-corrected chi connectivity index (χ3v) is 6.39. The molecule has 0 saturated heterocycles. The molecular formula is C24H20ClFN4O2S. The average molecular weight is 483 g/mol. The van der Waals surface area contributed by atoms with Crippen LogP contribution in [0.25, 0.3) is 0 Å². The van der Waals surface area contributed by atoms with Crippen LogP contribution in [-0.2, 0) is 18.4 Å². The second-order valence-corrected chi connectivity index (χ2v) is 8.56. The molecule has 1 N–H and O–H groups in total. The normalized spacial score (nSPS) is 11.7. The van der Waals surface area contributed by atoms with E-state index in [1.165, 1.54) is 36.0 Å². The molecule has 6 nitrogen and oxygen atoms in total. The van der Waals surface area contributed by atoms with Crippen molar-refractivity contribution in [2.45, 2.75) is 17.0 Å². The standard InChI is InChI=1S/C24H20ClFN4O2S/c1-30-21(15-32-20-10-6-5-9-19(20)25)28-29-24(30)33-22(16-7-3-2-4-8-16)23(31)27-18-13-11-17(26)12-14-18/h2-14,22H,15H2,1H3,(H,27,31). The number of anilines is 1. The van der Waals surface area contributed by atoms with Crippen molar-refractivity contribution >= 4 is 35.0 Å². The van der Waals surface area contributed by atoms with E-state index in [9.17, 15) is 9.18 Å². The average Bonchev–Trinajstić information content (AvgIpc) is 3.18. The number of benzene rings is 3. The number of rotatable bonds is 8. The second kappa shape index (κ2) is 10.5. The third-order valence-electron chi connectivity index (χ3n) is 4.79. The Bertz CT molecular complexity index is 1230. The topological polar surface area (TPSA) is 69.0 Å². The zero-order valence-corrected chi connectivity index (χ0v) is 19.2. The van der Waals surface area contributed by atoms with E-state index in [1.54, 1.807) is 16.7 Å². The number of ether oxygens (including phenoxy) is 1. The van der Waals surface area contributed by atoms with E-state index in [4.69, 9.17) is 16.3 Å². The van der Waals surface area contributed by atoms with Gasteiger partial charge in [-0.3, -0.25) is 4.79 Å². The van der Waals surface area contributed by atoms with Gasteiger partial charge in [0, 0.05) is 12.7 Å². The molecule has 0 aliphatic rings. The van der Waals surface area contributed by atoms with Crippen molar-refractivity contribution < 1.29 is 13.9 Å². The number of amides is 1. The molecule has 0 radical (unpaired) electrons. The number of aromatic nitrogens is 3. The van der Waals surface area contributed by atoms with E-state index in [0.29, 0.717) is 27.4 Å². The lowest BCUT2D eigenvalue weighted by atomic mass is 10.1. The van der Waals surface area contributed by atoms with Gasteiger partial charge in [0.2, 0.25) is 5.91 Å². The Balaban J connectivity index is 1.52. The summed E-state index contributed by atoms with van der Waals surface area (Å²) in [5.41, 5.74) is 1.31. The molecule has 1 aromatic heterocycles. The fourth-order valence-corrected chi connectivity index (χ4v) is 4.24. The number of hydrogen-bond donors (Lipinski definition) is 1. The van der Waals surface area contributed by atoms with Crippen molar-refractivity contribution in [3.8, 4) is 5.75 Å². The van der Waals surface area contributed by atoms with E-state index in [1.807, 2.05) is 49.5 Å². The number of halogens is 2. The van der Waals surface area contributed by atoms with Crippen molar-refractivity contribution in [2.24, 2.45) is 7.05 Å². The van der Waals surface area contributed by atoms with Gasteiger partial charge in [-0.25, -0.2) is 4.39 Å². The van der Waals surface area contributed by atoms with Crippen LogP contribution in [0.2, 0.25) is 5.02 Å². The molecule has 0 fully saturated rings. The van der Waals surface area contributed by atoms with Gasteiger partial charge < -0.3 is 14.6 Å². The number of nitrogens with zero attached hydrogens (tertiary/aromatic N) is 3. The number of carbonyl (C=O) groups is 1. The molecule has 1 heterocycles. The van der Waals surface area contributed by atoms with Gasteiger partial charge in [-0.05, 0) is 42.0 Å². The van der Waals surface area contributed by atoms with Gasteiger partial charge in [0.15, 0.2) is 11.0 Å². The molecule has 0 spiro atoms. The minimum absolute atomic E-state index is 0.172. The first kappa shape index (κ1) is 22.8. The summed E-state index contributed by atoms with van der Waals surface area (Å²) < 4.78 is 20.8. The van der Waals surface area contributed by atoms with Gasteiger partial charge in [-0.15, -0.1) is 10.2 Å². The number of para-hydroxylation sites is 1. The van der Waals surface area contributed by atoms with E-state index < -0.39 is 5.25 Å². The van der Waals surface area contributed by atoms with Crippen molar-refractivity contribution in [1.29, 1.82) is 0 Å². The van der Waals surface area contributed by atoms with Gasteiger partial charge in [0.25, 0.3) is 0 Å². The van der Waals surface area contributed by atoms with Gasteiger partial charge >= 0.3 is 0 Å². The summed E-state index contributed by atoms with van der Waals surface area (Å²) in [6.07, 6.45) is 0. The Kier molecular flexibility index (Phi) is 7.26. The summed E-state index contributed by atoms with van der Waals surface area (Å²) in [5, 5.41) is 11.8. The molecule has 4 aromatic rings. The van der Waals surface area contributed by atoms with Gasteiger partial charge in [-0.2, -0.15) is 0 Å². The SMILES string of the molecule is Cn1c(COc2ccccc2Cl)nnc1SC(C(=O)Nc1ccc(F)cc1)c1ccccc1. The molecule has 0 aliphatic heterocycles. The van der Waals surface area contributed by atoms with Crippen molar-refractivity contribution in [3.63, 3.8) is 0 Å². The zero-order chi connectivity index (χ0) is 23.2. The summed E-state index contributed by atoms with van der Waals surface area (Å²) >= 11 is 7.41. The molecule has 1 unspecified atom stereocenters. The van der Waals surface area contributed by atoms with Crippen LogP contribution in [0.3, 0.4) is 0 Å². The van der Waals surface area contributed by atoms with E-state index in [-0.39, 0.29) is 18.3 Å². The highest BCUT2D eigenvalue weighted by Crippen LogP contribution is 2.35. The maximum Gasteiger partial charge on any atom is 0.242 e. The molecule has 1 amide bonds. The minimum atomic E-state index is -0.600. The summed E-state index contributed by atoms with van der Waals surface area (Å²) in [5.74, 6) is 0.516. The summed E-state index contributed by atoms with van der Waals surface area (Å²) in [6, 6.07) is 22.2. The first-order chi connectivity index (χ1) is 16.0.